The second kappa shape index (κ2) is 8.34. The summed E-state index contributed by atoms with van der Waals surface area (Å²) in [5.74, 6) is 0.831. The van der Waals surface area contributed by atoms with E-state index in [4.69, 9.17) is 4.74 Å². The lowest BCUT2D eigenvalue weighted by atomic mass is 9.89. The Balaban J connectivity index is 1.53. The first-order valence-corrected chi connectivity index (χ1v) is 12.3. The van der Waals surface area contributed by atoms with E-state index in [9.17, 15) is 9.59 Å². The first-order valence-electron chi connectivity index (χ1n) is 12.3. The van der Waals surface area contributed by atoms with Gasteiger partial charge in [-0.05, 0) is 67.8 Å². The number of fused-ring (bicyclic) bond motifs is 2. The summed E-state index contributed by atoms with van der Waals surface area (Å²) in [6.07, 6.45) is 9.75. The lowest BCUT2D eigenvalue weighted by molar-refractivity contribution is 0.0987. The van der Waals surface area contributed by atoms with Gasteiger partial charge in [-0.25, -0.2) is 0 Å². The molecule has 5 rings (SSSR count). The van der Waals surface area contributed by atoms with Crippen LogP contribution in [-0.4, -0.2) is 17.1 Å². The van der Waals surface area contributed by atoms with Crippen LogP contribution in [0.2, 0.25) is 0 Å². The molecule has 4 nitrogen and oxygen atoms in total. The highest BCUT2D eigenvalue weighted by Crippen LogP contribution is 2.38. The highest BCUT2D eigenvalue weighted by molar-refractivity contribution is 6.40. The Hall–Kier alpha value is -3.92. The molecule has 1 N–H and O–H groups in total. The van der Waals surface area contributed by atoms with Gasteiger partial charge in [-0.1, -0.05) is 63.3 Å². The number of anilines is 1. The third kappa shape index (κ3) is 4.28. The fourth-order valence-corrected chi connectivity index (χ4v) is 4.91. The minimum Gasteiger partial charge on any atom is -0.461 e. The topological polar surface area (TPSA) is 55.4 Å². The number of carbonyl (C=O) groups excluding carboxylic acids is 2. The molecule has 0 spiro atoms. The van der Waals surface area contributed by atoms with Crippen LogP contribution in [0, 0.1) is 5.41 Å². The lowest BCUT2D eigenvalue weighted by Crippen LogP contribution is -2.31. The first kappa shape index (κ1) is 23.8. The van der Waals surface area contributed by atoms with E-state index < -0.39 is 0 Å². The Kier molecular flexibility index (Phi) is 5.51. The molecule has 182 valence electrons. The number of ether oxygens (including phenoxy) is 1. The molecule has 0 radical (unpaired) electrons. The number of hydrogen-bond donors (Lipinski definition) is 1. The van der Waals surface area contributed by atoms with Crippen molar-refractivity contribution < 1.29 is 14.3 Å². The molecule has 0 saturated heterocycles. The van der Waals surface area contributed by atoms with Crippen LogP contribution in [0.5, 0.6) is 0 Å². The molecule has 0 unspecified atom stereocenters. The Morgan fingerprint density at radius 1 is 0.889 bits per heavy atom. The molecule has 0 aromatic heterocycles. The van der Waals surface area contributed by atoms with Gasteiger partial charge in [0.05, 0.1) is 11.1 Å². The normalized spacial score (nSPS) is 18.8. The molecule has 2 heterocycles. The predicted octanol–water partition coefficient (Wildman–Crippen LogP) is 7.53. The van der Waals surface area contributed by atoms with Gasteiger partial charge in [0, 0.05) is 27.8 Å². The SMILES string of the molecule is CC1=CC(C)(C)Nc2ccc(C=CC3=CC(=C4C(=O)c5ccccc5C4=O)C=C(C(C)(C)C)O3)cc21. The molecule has 1 aliphatic carbocycles. The van der Waals surface area contributed by atoms with E-state index >= 15 is 0 Å². The monoisotopic (exact) mass is 477 g/mol. The summed E-state index contributed by atoms with van der Waals surface area (Å²) >= 11 is 0. The molecule has 4 heteroatoms. The van der Waals surface area contributed by atoms with E-state index in [0.717, 1.165) is 11.3 Å². The maximum Gasteiger partial charge on any atom is 0.198 e. The quantitative estimate of drug-likeness (QED) is 0.359. The molecule has 2 aliphatic heterocycles. The maximum atomic E-state index is 13.2. The number of Topliss-reactive ketones (excluding diaryl/α,β-unsaturated/α-hetero) is 2. The van der Waals surface area contributed by atoms with E-state index in [1.807, 2.05) is 39.0 Å². The van der Waals surface area contributed by atoms with E-state index in [1.165, 1.54) is 11.1 Å². The fraction of sp³-hybridized carbons (Fsp3) is 0.250. The van der Waals surface area contributed by atoms with Gasteiger partial charge in [-0.3, -0.25) is 9.59 Å². The zero-order valence-electron chi connectivity index (χ0n) is 21.7. The summed E-state index contributed by atoms with van der Waals surface area (Å²) in [4.78, 5) is 26.3. The Bertz CT molecular complexity index is 1430. The fourth-order valence-electron chi connectivity index (χ4n) is 4.91. The summed E-state index contributed by atoms with van der Waals surface area (Å²) in [6.45, 7) is 12.6. The summed E-state index contributed by atoms with van der Waals surface area (Å²) in [5, 5.41) is 3.56. The van der Waals surface area contributed by atoms with Crippen molar-refractivity contribution in [1.82, 2.24) is 0 Å². The molecular formula is C32H31NO3. The molecule has 2 aromatic carbocycles. The standard InChI is InChI=1S/C32H31NO3/c1-19-18-32(5,6)33-26-14-12-20(15-25(19)26)11-13-22-16-21(17-27(36-22)31(2,3)4)28-29(34)23-9-7-8-10-24(23)30(28)35/h7-18,33H,1-6H3. The van der Waals surface area contributed by atoms with Crippen LogP contribution in [0.15, 0.2) is 89.4 Å². The summed E-state index contributed by atoms with van der Waals surface area (Å²) in [7, 11) is 0. The number of ketones is 2. The Morgan fingerprint density at radius 2 is 1.56 bits per heavy atom. The number of carbonyl (C=O) groups is 2. The minimum absolute atomic E-state index is 0.0798. The van der Waals surface area contributed by atoms with Gasteiger partial charge < -0.3 is 10.1 Å². The van der Waals surface area contributed by atoms with Gasteiger partial charge in [0.1, 0.15) is 11.5 Å². The molecular weight excluding hydrogens is 446 g/mol. The second-order valence-corrected chi connectivity index (χ2v) is 11.3. The number of allylic oxidation sites excluding steroid dienone is 7. The zero-order valence-corrected chi connectivity index (χ0v) is 21.7. The van der Waals surface area contributed by atoms with Crippen molar-refractivity contribution in [3.05, 3.63) is 112 Å². The number of hydrogen-bond acceptors (Lipinski definition) is 4. The van der Waals surface area contributed by atoms with E-state index in [0.29, 0.717) is 28.2 Å². The average Bonchev–Trinajstić information content (AvgIpc) is 3.06. The van der Waals surface area contributed by atoms with Crippen molar-refractivity contribution in [1.29, 1.82) is 0 Å². The zero-order chi connectivity index (χ0) is 25.8. The highest BCUT2D eigenvalue weighted by Gasteiger charge is 2.36. The van der Waals surface area contributed by atoms with Crippen LogP contribution in [-0.2, 0) is 4.74 Å². The molecule has 0 atom stereocenters. The van der Waals surface area contributed by atoms with Crippen LogP contribution in [0.4, 0.5) is 5.69 Å². The second-order valence-electron chi connectivity index (χ2n) is 11.3. The largest absolute Gasteiger partial charge is 0.461 e. The smallest absolute Gasteiger partial charge is 0.198 e. The van der Waals surface area contributed by atoms with Gasteiger partial charge in [-0.15, -0.1) is 0 Å². The molecule has 0 saturated carbocycles. The summed E-state index contributed by atoms with van der Waals surface area (Å²) in [6, 6.07) is 13.3. The molecule has 0 amide bonds. The van der Waals surface area contributed by atoms with E-state index in [2.05, 4.69) is 50.4 Å². The first-order chi connectivity index (χ1) is 16.9. The molecule has 36 heavy (non-hydrogen) atoms. The van der Waals surface area contributed by atoms with Gasteiger partial charge in [0.25, 0.3) is 0 Å². The van der Waals surface area contributed by atoms with Crippen molar-refractivity contribution >= 4 is 28.9 Å². The number of benzene rings is 2. The van der Waals surface area contributed by atoms with Crippen molar-refractivity contribution in [3.8, 4) is 0 Å². The van der Waals surface area contributed by atoms with Crippen molar-refractivity contribution in [2.24, 2.45) is 5.41 Å². The van der Waals surface area contributed by atoms with E-state index in [1.54, 1.807) is 30.3 Å². The maximum absolute atomic E-state index is 13.2. The van der Waals surface area contributed by atoms with Gasteiger partial charge in [-0.2, -0.15) is 0 Å². The molecule has 3 aliphatic rings. The van der Waals surface area contributed by atoms with Crippen LogP contribution in [0.3, 0.4) is 0 Å². The summed E-state index contributed by atoms with van der Waals surface area (Å²) in [5.41, 5.74) is 5.90. The highest BCUT2D eigenvalue weighted by atomic mass is 16.5. The Labute approximate surface area is 212 Å². The van der Waals surface area contributed by atoms with Crippen LogP contribution in [0.25, 0.3) is 11.6 Å². The predicted molar refractivity (Wildman–Crippen MR) is 146 cm³/mol. The van der Waals surface area contributed by atoms with Crippen LogP contribution in [0.1, 0.15) is 73.4 Å². The van der Waals surface area contributed by atoms with Crippen molar-refractivity contribution in [2.75, 3.05) is 5.32 Å². The molecule has 0 fully saturated rings. The Morgan fingerprint density at radius 3 is 2.19 bits per heavy atom. The summed E-state index contributed by atoms with van der Waals surface area (Å²) < 4.78 is 6.23. The third-order valence-corrected chi connectivity index (χ3v) is 6.65. The van der Waals surface area contributed by atoms with Gasteiger partial charge in [0.2, 0.25) is 0 Å². The average molecular weight is 478 g/mol. The molecule has 2 aromatic rings. The van der Waals surface area contributed by atoms with Crippen molar-refractivity contribution in [2.45, 2.75) is 47.1 Å². The molecule has 0 bridgehead atoms. The van der Waals surface area contributed by atoms with Crippen LogP contribution >= 0.6 is 0 Å². The number of rotatable bonds is 2. The minimum atomic E-state index is -0.303. The third-order valence-electron chi connectivity index (χ3n) is 6.65. The number of nitrogens with one attached hydrogen (secondary N) is 1. The van der Waals surface area contributed by atoms with E-state index in [-0.39, 0.29) is 28.1 Å². The van der Waals surface area contributed by atoms with Gasteiger partial charge in [0.15, 0.2) is 11.6 Å². The lowest BCUT2D eigenvalue weighted by Gasteiger charge is -2.31. The van der Waals surface area contributed by atoms with Crippen molar-refractivity contribution in [3.63, 3.8) is 0 Å². The van der Waals surface area contributed by atoms with Gasteiger partial charge >= 0.3 is 0 Å². The van der Waals surface area contributed by atoms with Crippen LogP contribution < -0.4 is 5.32 Å².